The molecule has 0 saturated carbocycles. The van der Waals surface area contributed by atoms with E-state index in [1.807, 2.05) is 12.1 Å². The van der Waals surface area contributed by atoms with E-state index in [1.54, 1.807) is 24.3 Å². The van der Waals surface area contributed by atoms with E-state index in [0.29, 0.717) is 20.4 Å². The van der Waals surface area contributed by atoms with Crippen LogP contribution < -0.4 is 10.1 Å². The van der Waals surface area contributed by atoms with Gasteiger partial charge >= 0.3 is 0 Å². The summed E-state index contributed by atoms with van der Waals surface area (Å²) in [6.45, 7) is -0.0995. The first-order valence-electron chi connectivity index (χ1n) is 5.82. The van der Waals surface area contributed by atoms with Crippen molar-refractivity contribution in [2.75, 3.05) is 11.9 Å². The van der Waals surface area contributed by atoms with Crippen LogP contribution in [0, 0.1) is 0 Å². The first kappa shape index (κ1) is 16.3. The van der Waals surface area contributed by atoms with Gasteiger partial charge in [0.05, 0.1) is 8.95 Å². The number of ether oxygens (including phenoxy) is 1. The molecule has 0 bridgehead atoms. The molecule has 0 aromatic heterocycles. The predicted octanol–water partition coefficient (Wildman–Crippen LogP) is 4.70. The molecule has 0 fully saturated rings. The Morgan fingerprint density at radius 1 is 1.10 bits per heavy atom. The van der Waals surface area contributed by atoms with Gasteiger partial charge in [0, 0.05) is 10.2 Å². The van der Waals surface area contributed by atoms with E-state index in [9.17, 15) is 9.90 Å². The van der Waals surface area contributed by atoms with Crippen LogP contribution in [-0.4, -0.2) is 17.6 Å². The Bertz CT molecular complexity index is 636. The van der Waals surface area contributed by atoms with Gasteiger partial charge in [0.25, 0.3) is 5.91 Å². The average molecular weight is 480 g/mol. The highest BCUT2D eigenvalue weighted by Gasteiger charge is 2.09. The van der Waals surface area contributed by atoms with E-state index in [2.05, 4.69) is 53.1 Å². The first-order valence-corrected chi connectivity index (χ1v) is 8.20. The van der Waals surface area contributed by atoms with Gasteiger partial charge in [0.15, 0.2) is 6.61 Å². The number of anilines is 1. The van der Waals surface area contributed by atoms with E-state index in [0.717, 1.165) is 4.47 Å². The summed E-state index contributed by atoms with van der Waals surface area (Å²) in [6, 6.07) is 10.4. The highest BCUT2D eigenvalue weighted by Crippen LogP contribution is 2.35. The molecule has 0 atom stereocenters. The second-order valence-corrected chi connectivity index (χ2v) is 6.70. The number of amides is 1. The van der Waals surface area contributed by atoms with Crippen LogP contribution in [0.4, 0.5) is 5.69 Å². The number of phenolic OH excluding ortho intramolecular Hbond substituents is 1. The van der Waals surface area contributed by atoms with Crippen molar-refractivity contribution in [3.63, 3.8) is 0 Å². The number of aromatic hydroxyl groups is 1. The highest BCUT2D eigenvalue weighted by atomic mass is 79.9. The highest BCUT2D eigenvalue weighted by molar-refractivity contribution is 9.11. The van der Waals surface area contributed by atoms with Gasteiger partial charge in [-0.15, -0.1) is 0 Å². The third-order valence-electron chi connectivity index (χ3n) is 2.48. The molecule has 110 valence electrons. The summed E-state index contributed by atoms with van der Waals surface area (Å²) >= 11 is 9.73. The molecule has 0 saturated heterocycles. The molecule has 4 nitrogen and oxygen atoms in total. The largest absolute Gasteiger partial charge is 0.506 e. The SMILES string of the molecule is O=C(COc1ccc(Br)cc1)Nc1cc(Br)c(O)c(Br)c1. The minimum atomic E-state index is -0.289. The zero-order chi connectivity index (χ0) is 15.4. The fourth-order valence-corrected chi connectivity index (χ4v) is 2.97. The second-order valence-electron chi connectivity index (χ2n) is 4.08. The number of rotatable bonds is 4. The van der Waals surface area contributed by atoms with Gasteiger partial charge in [-0.1, -0.05) is 15.9 Å². The molecular formula is C14H10Br3NO3. The van der Waals surface area contributed by atoms with E-state index in [1.165, 1.54) is 0 Å². The van der Waals surface area contributed by atoms with E-state index >= 15 is 0 Å². The minimum absolute atomic E-state index is 0.0825. The predicted molar refractivity (Wildman–Crippen MR) is 91.8 cm³/mol. The maximum absolute atomic E-state index is 11.8. The fraction of sp³-hybridized carbons (Fsp3) is 0.0714. The van der Waals surface area contributed by atoms with Gasteiger partial charge in [-0.2, -0.15) is 0 Å². The minimum Gasteiger partial charge on any atom is -0.506 e. The number of halogens is 3. The molecule has 0 aliphatic heterocycles. The van der Waals surface area contributed by atoms with Crippen molar-refractivity contribution >= 4 is 59.4 Å². The molecular weight excluding hydrogens is 470 g/mol. The number of carbonyl (C=O) groups excluding carboxylic acids is 1. The van der Waals surface area contributed by atoms with Crippen LogP contribution in [0.1, 0.15) is 0 Å². The Kier molecular flexibility index (Phi) is 5.66. The van der Waals surface area contributed by atoms with Crippen LogP contribution >= 0.6 is 47.8 Å². The lowest BCUT2D eigenvalue weighted by molar-refractivity contribution is -0.118. The van der Waals surface area contributed by atoms with Gasteiger partial charge in [0.2, 0.25) is 0 Å². The summed E-state index contributed by atoms with van der Waals surface area (Å²) in [7, 11) is 0. The molecule has 0 aliphatic rings. The monoisotopic (exact) mass is 477 g/mol. The number of nitrogens with one attached hydrogen (secondary N) is 1. The van der Waals surface area contributed by atoms with Crippen molar-refractivity contribution in [2.45, 2.75) is 0 Å². The number of hydrogen-bond donors (Lipinski definition) is 2. The van der Waals surface area contributed by atoms with Gasteiger partial charge in [0.1, 0.15) is 11.5 Å². The van der Waals surface area contributed by atoms with Crippen LogP contribution in [0.2, 0.25) is 0 Å². The van der Waals surface area contributed by atoms with E-state index in [-0.39, 0.29) is 18.3 Å². The van der Waals surface area contributed by atoms with Gasteiger partial charge < -0.3 is 15.2 Å². The maximum atomic E-state index is 11.8. The Labute approximate surface area is 146 Å². The van der Waals surface area contributed by atoms with Crippen molar-refractivity contribution < 1.29 is 14.6 Å². The van der Waals surface area contributed by atoms with Crippen molar-refractivity contribution in [2.24, 2.45) is 0 Å². The van der Waals surface area contributed by atoms with Crippen molar-refractivity contribution in [1.29, 1.82) is 0 Å². The van der Waals surface area contributed by atoms with E-state index in [4.69, 9.17) is 4.74 Å². The Morgan fingerprint density at radius 3 is 2.24 bits per heavy atom. The standard InChI is InChI=1S/C14H10Br3NO3/c15-8-1-3-10(4-2-8)21-7-13(19)18-9-5-11(16)14(20)12(17)6-9/h1-6,20H,7H2,(H,18,19). The maximum Gasteiger partial charge on any atom is 0.262 e. The fourth-order valence-electron chi connectivity index (χ4n) is 1.51. The van der Waals surface area contributed by atoms with Crippen LogP contribution in [0.5, 0.6) is 11.5 Å². The molecule has 2 rings (SSSR count). The smallest absolute Gasteiger partial charge is 0.262 e. The quantitative estimate of drug-likeness (QED) is 0.625. The Balaban J connectivity index is 1.94. The lowest BCUT2D eigenvalue weighted by Gasteiger charge is -2.09. The molecule has 2 N–H and O–H groups in total. The number of phenols is 1. The first-order chi connectivity index (χ1) is 9.95. The number of carbonyl (C=O) groups is 1. The molecule has 2 aromatic carbocycles. The number of hydrogen-bond acceptors (Lipinski definition) is 3. The molecule has 0 heterocycles. The average Bonchev–Trinajstić information content (AvgIpc) is 2.44. The van der Waals surface area contributed by atoms with Crippen molar-refractivity contribution in [3.8, 4) is 11.5 Å². The summed E-state index contributed by atoms with van der Waals surface area (Å²) < 4.78 is 7.29. The van der Waals surface area contributed by atoms with Crippen LogP contribution in [0.25, 0.3) is 0 Å². The summed E-state index contributed by atoms with van der Waals surface area (Å²) in [5.41, 5.74) is 0.552. The Morgan fingerprint density at radius 2 is 1.67 bits per heavy atom. The molecule has 2 aromatic rings. The third-order valence-corrected chi connectivity index (χ3v) is 4.22. The lowest BCUT2D eigenvalue weighted by Crippen LogP contribution is -2.20. The molecule has 0 radical (unpaired) electrons. The zero-order valence-electron chi connectivity index (χ0n) is 10.6. The summed E-state index contributed by atoms with van der Waals surface area (Å²) in [5, 5.41) is 12.3. The van der Waals surface area contributed by atoms with Crippen LogP contribution in [0.3, 0.4) is 0 Å². The molecule has 0 aliphatic carbocycles. The topological polar surface area (TPSA) is 58.6 Å². The lowest BCUT2D eigenvalue weighted by atomic mass is 10.3. The molecule has 0 unspecified atom stereocenters. The summed E-state index contributed by atoms with van der Waals surface area (Å²) in [5.74, 6) is 0.405. The van der Waals surface area contributed by atoms with Crippen molar-refractivity contribution in [1.82, 2.24) is 0 Å². The number of benzene rings is 2. The summed E-state index contributed by atoms with van der Waals surface area (Å²) in [4.78, 5) is 11.8. The van der Waals surface area contributed by atoms with Gasteiger partial charge in [-0.25, -0.2) is 0 Å². The van der Waals surface area contributed by atoms with Crippen molar-refractivity contribution in [3.05, 3.63) is 49.8 Å². The molecule has 21 heavy (non-hydrogen) atoms. The normalized spacial score (nSPS) is 10.2. The molecule has 0 spiro atoms. The van der Waals surface area contributed by atoms with Gasteiger partial charge in [-0.05, 0) is 68.3 Å². The zero-order valence-corrected chi connectivity index (χ0v) is 15.3. The van der Waals surface area contributed by atoms with Crippen LogP contribution in [0.15, 0.2) is 49.8 Å². The Hall–Kier alpha value is -1.05. The third kappa shape index (κ3) is 4.72. The molecule has 1 amide bonds. The molecule has 7 heteroatoms. The summed E-state index contributed by atoms with van der Waals surface area (Å²) in [6.07, 6.45) is 0. The van der Waals surface area contributed by atoms with E-state index < -0.39 is 0 Å². The van der Waals surface area contributed by atoms with Gasteiger partial charge in [-0.3, -0.25) is 4.79 Å². The van der Waals surface area contributed by atoms with Crippen LogP contribution in [-0.2, 0) is 4.79 Å². The second kappa shape index (κ2) is 7.29.